The van der Waals surface area contributed by atoms with Crippen LogP contribution in [0.15, 0.2) is 35.9 Å². The van der Waals surface area contributed by atoms with Gasteiger partial charge >= 0.3 is 0 Å². The van der Waals surface area contributed by atoms with Crippen LogP contribution in [0, 0.1) is 6.42 Å². The van der Waals surface area contributed by atoms with E-state index in [9.17, 15) is 13.2 Å². The molecular formula is C10H6F3. The molecular weight excluding hydrogens is 177 g/mol. The fourth-order valence-corrected chi connectivity index (χ4v) is 1.34. The average molecular weight is 183 g/mol. The zero-order valence-corrected chi connectivity index (χ0v) is 6.60. The Hall–Kier alpha value is -1.25. The van der Waals surface area contributed by atoms with E-state index in [1.807, 2.05) is 0 Å². The van der Waals surface area contributed by atoms with Gasteiger partial charge in [0.05, 0.1) is 6.42 Å². The first-order chi connectivity index (χ1) is 6.20. The Balaban J connectivity index is 2.52. The van der Waals surface area contributed by atoms with Gasteiger partial charge in [-0.2, -0.15) is 0 Å². The first-order valence-corrected chi connectivity index (χ1v) is 3.83. The van der Waals surface area contributed by atoms with E-state index >= 15 is 0 Å². The molecule has 0 fully saturated rings. The van der Waals surface area contributed by atoms with Crippen LogP contribution in [0.5, 0.6) is 0 Å². The maximum Gasteiger partial charge on any atom is 0.179 e. The van der Waals surface area contributed by atoms with Gasteiger partial charge in [-0.25, -0.2) is 13.2 Å². The van der Waals surface area contributed by atoms with Crippen molar-refractivity contribution in [3.8, 4) is 0 Å². The van der Waals surface area contributed by atoms with Crippen LogP contribution in [0.4, 0.5) is 13.2 Å². The maximum atomic E-state index is 13.1. The molecule has 0 saturated heterocycles. The molecule has 1 aromatic carbocycles. The summed E-state index contributed by atoms with van der Waals surface area (Å²) in [5.74, 6) is -2.45. The van der Waals surface area contributed by atoms with Gasteiger partial charge < -0.3 is 0 Å². The number of alkyl halides is 1. The average Bonchev–Trinajstić information content (AvgIpc) is 2.15. The zero-order valence-electron chi connectivity index (χ0n) is 6.60. The van der Waals surface area contributed by atoms with Gasteiger partial charge in [-0.1, -0.05) is 24.3 Å². The van der Waals surface area contributed by atoms with E-state index in [1.165, 1.54) is 6.07 Å². The van der Waals surface area contributed by atoms with Gasteiger partial charge in [0.15, 0.2) is 12.0 Å². The summed E-state index contributed by atoms with van der Waals surface area (Å²) in [5.41, 5.74) is 0.579. The molecule has 3 heteroatoms. The molecule has 0 aliphatic heterocycles. The number of hydrogen-bond acceptors (Lipinski definition) is 0. The van der Waals surface area contributed by atoms with Crippen molar-refractivity contribution < 1.29 is 13.2 Å². The molecule has 0 amide bonds. The van der Waals surface area contributed by atoms with Crippen molar-refractivity contribution >= 4 is 0 Å². The predicted molar refractivity (Wildman–Crippen MR) is 42.9 cm³/mol. The van der Waals surface area contributed by atoms with Crippen molar-refractivity contribution in [1.29, 1.82) is 0 Å². The number of rotatable bonds is 0. The van der Waals surface area contributed by atoms with E-state index in [-0.39, 0.29) is 5.56 Å². The van der Waals surface area contributed by atoms with Gasteiger partial charge in [0.1, 0.15) is 5.83 Å². The summed E-state index contributed by atoms with van der Waals surface area (Å²) in [5, 5.41) is 0. The van der Waals surface area contributed by atoms with Gasteiger partial charge in [-0.05, 0) is 11.1 Å². The highest BCUT2D eigenvalue weighted by atomic mass is 19.2. The highest BCUT2D eigenvalue weighted by Crippen LogP contribution is 2.38. The monoisotopic (exact) mass is 183 g/mol. The van der Waals surface area contributed by atoms with Crippen molar-refractivity contribution in [2.75, 3.05) is 0 Å². The summed E-state index contributed by atoms with van der Waals surface area (Å²) >= 11 is 0. The van der Waals surface area contributed by atoms with Gasteiger partial charge in [0.2, 0.25) is 0 Å². The lowest BCUT2D eigenvalue weighted by Crippen LogP contribution is -2.05. The smallest absolute Gasteiger partial charge is 0.179 e. The number of hydrogen-bond donors (Lipinski definition) is 0. The molecule has 1 radical (unpaired) electrons. The summed E-state index contributed by atoms with van der Waals surface area (Å²) in [7, 11) is 0. The Bertz CT molecular complexity index is 368. The van der Waals surface area contributed by atoms with E-state index in [0.29, 0.717) is 5.56 Å². The second kappa shape index (κ2) is 2.91. The number of halogens is 3. The number of fused-ring (bicyclic) bond motifs is 1. The van der Waals surface area contributed by atoms with Crippen LogP contribution in [0.3, 0.4) is 0 Å². The Labute approximate surface area is 73.7 Å². The third kappa shape index (κ3) is 1.24. The molecule has 0 heterocycles. The summed E-state index contributed by atoms with van der Waals surface area (Å²) in [6.45, 7) is 0. The van der Waals surface area contributed by atoms with Crippen LogP contribution in [0.25, 0.3) is 0 Å². The largest absolute Gasteiger partial charge is 0.234 e. The van der Waals surface area contributed by atoms with Crippen molar-refractivity contribution in [3.05, 3.63) is 53.5 Å². The molecule has 0 spiro atoms. The third-order valence-electron chi connectivity index (χ3n) is 2.00. The van der Waals surface area contributed by atoms with Crippen molar-refractivity contribution in [2.45, 2.75) is 6.17 Å². The van der Waals surface area contributed by atoms with E-state index in [2.05, 4.69) is 0 Å². The minimum Gasteiger partial charge on any atom is -0.234 e. The van der Waals surface area contributed by atoms with E-state index < -0.39 is 17.8 Å². The van der Waals surface area contributed by atoms with Crippen molar-refractivity contribution in [3.63, 3.8) is 0 Å². The van der Waals surface area contributed by atoms with Gasteiger partial charge in [-0.3, -0.25) is 0 Å². The molecule has 67 valence electrons. The summed E-state index contributed by atoms with van der Waals surface area (Å²) in [6.07, 6.45) is -0.956. The van der Waals surface area contributed by atoms with Crippen molar-refractivity contribution in [2.24, 2.45) is 0 Å². The highest BCUT2D eigenvalue weighted by molar-refractivity contribution is 5.46. The summed E-state index contributed by atoms with van der Waals surface area (Å²) in [6, 6.07) is 6.24. The SMILES string of the molecule is FC1=C(F)C(F)c2ccccc2[CH]1. The molecule has 1 aliphatic carbocycles. The van der Waals surface area contributed by atoms with E-state index in [4.69, 9.17) is 0 Å². The Morgan fingerprint density at radius 3 is 2.54 bits per heavy atom. The second-order valence-corrected chi connectivity index (χ2v) is 2.83. The molecule has 0 nitrogen and oxygen atoms in total. The van der Waals surface area contributed by atoms with E-state index in [1.54, 1.807) is 18.2 Å². The minimum atomic E-state index is -1.96. The van der Waals surface area contributed by atoms with Crippen LogP contribution >= 0.6 is 0 Å². The molecule has 0 aromatic heterocycles. The van der Waals surface area contributed by atoms with Crippen LogP contribution in [0.1, 0.15) is 17.3 Å². The molecule has 1 aliphatic rings. The first-order valence-electron chi connectivity index (χ1n) is 3.83. The van der Waals surface area contributed by atoms with Crippen LogP contribution < -0.4 is 0 Å². The second-order valence-electron chi connectivity index (χ2n) is 2.83. The number of allylic oxidation sites excluding steroid dienone is 2. The van der Waals surface area contributed by atoms with Gasteiger partial charge in [0.25, 0.3) is 0 Å². The third-order valence-corrected chi connectivity index (χ3v) is 2.00. The molecule has 0 saturated carbocycles. The molecule has 0 N–H and O–H groups in total. The lowest BCUT2D eigenvalue weighted by molar-refractivity contribution is 0.314. The Morgan fingerprint density at radius 2 is 1.77 bits per heavy atom. The summed E-state index contributed by atoms with van der Waals surface area (Å²) in [4.78, 5) is 0. The molecule has 13 heavy (non-hydrogen) atoms. The maximum absolute atomic E-state index is 13.1. The molecule has 2 rings (SSSR count). The summed E-state index contributed by atoms with van der Waals surface area (Å²) < 4.78 is 38.6. The quantitative estimate of drug-likeness (QED) is 0.578. The highest BCUT2D eigenvalue weighted by Gasteiger charge is 2.28. The fraction of sp³-hybridized carbons (Fsp3) is 0.100. The molecule has 1 aromatic rings. The normalized spacial score (nSPS) is 21.6. The lowest BCUT2D eigenvalue weighted by Gasteiger charge is -2.17. The molecule has 1 unspecified atom stereocenters. The van der Waals surface area contributed by atoms with Gasteiger partial charge in [0, 0.05) is 0 Å². The Morgan fingerprint density at radius 1 is 1.08 bits per heavy atom. The molecule has 0 bridgehead atoms. The van der Waals surface area contributed by atoms with E-state index in [0.717, 1.165) is 6.42 Å². The molecule has 1 atom stereocenters. The van der Waals surface area contributed by atoms with Crippen LogP contribution in [-0.2, 0) is 0 Å². The minimum absolute atomic E-state index is 0.182. The number of benzene rings is 1. The van der Waals surface area contributed by atoms with Crippen LogP contribution in [0.2, 0.25) is 0 Å². The first kappa shape index (κ1) is 8.35. The Kier molecular flexibility index (Phi) is 1.87. The topological polar surface area (TPSA) is 0 Å². The predicted octanol–water partition coefficient (Wildman–Crippen LogP) is 3.41. The van der Waals surface area contributed by atoms with Gasteiger partial charge in [-0.15, -0.1) is 0 Å². The standard InChI is InChI=1S/C10H6F3/c11-8-5-6-3-1-2-4-7(6)9(12)10(8)13/h1-5,9H. The van der Waals surface area contributed by atoms with Crippen LogP contribution in [-0.4, -0.2) is 0 Å². The van der Waals surface area contributed by atoms with Crippen molar-refractivity contribution in [1.82, 2.24) is 0 Å². The fourth-order valence-electron chi connectivity index (χ4n) is 1.34. The zero-order chi connectivity index (χ0) is 9.42. The lowest BCUT2D eigenvalue weighted by atomic mass is 9.94.